The molecule has 0 atom stereocenters. The zero-order valence-electron chi connectivity index (χ0n) is 11.7. The number of halogens is 1. The lowest BCUT2D eigenvalue weighted by Gasteiger charge is -2.10. The average molecular weight is 339 g/mol. The number of aryl methyl sites for hydroxylation is 1. The van der Waals surface area contributed by atoms with E-state index < -0.39 is 31.6 Å². The maximum absolute atomic E-state index is 13.4. The van der Waals surface area contributed by atoms with Crippen molar-refractivity contribution in [1.82, 2.24) is 9.44 Å². The quantitative estimate of drug-likeness (QED) is 0.601. The largest absolute Gasteiger partial charge is 0.396 e. The molecule has 0 radical (unpaired) electrons. The number of anilines is 1. The van der Waals surface area contributed by atoms with Gasteiger partial charge in [-0.25, -0.2) is 30.7 Å². The van der Waals surface area contributed by atoms with Gasteiger partial charge >= 0.3 is 0 Å². The fourth-order valence-corrected chi connectivity index (χ4v) is 3.84. The summed E-state index contributed by atoms with van der Waals surface area (Å²) >= 11 is 0. The van der Waals surface area contributed by atoms with Crippen LogP contribution in [0.3, 0.4) is 0 Å². The van der Waals surface area contributed by atoms with Crippen molar-refractivity contribution in [3.8, 4) is 0 Å². The van der Waals surface area contributed by atoms with Crippen LogP contribution in [0.25, 0.3) is 0 Å². The highest BCUT2D eigenvalue weighted by molar-refractivity contribution is 7.90. The molecule has 0 saturated heterocycles. The number of benzene rings is 1. The third-order valence-electron chi connectivity index (χ3n) is 2.59. The Hall–Kier alpha value is -1.23. The zero-order chi connectivity index (χ0) is 16.3. The van der Waals surface area contributed by atoms with E-state index in [-0.39, 0.29) is 29.2 Å². The van der Waals surface area contributed by atoms with Crippen LogP contribution in [-0.4, -0.2) is 35.7 Å². The molecule has 0 amide bonds. The number of nitrogen functional groups attached to an aromatic ring is 1. The van der Waals surface area contributed by atoms with Crippen LogP contribution in [0, 0.1) is 12.7 Å². The maximum atomic E-state index is 13.4. The van der Waals surface area contributed by atoms with Crippen LogP contribution < -0.4 is 15.2 Å². The molecule has 1 rings (SSSR count). The summed E-state index contributed by atoms with van der Waals surface area (Å²) in [5, 5.41) is 0. The van der Waals surface area contributed by atoms with Gasteiger partial charge in [0.2, 0.25) is 20.0 Å². The Bertz CT molecular complexity index is 694. The van der Waals surface area contributed by atoms with E-state index >= 15 is 0 Å². The van der Waals surface area contributed by atoms with Crippen LogP contribution >= 0.6 is 0 Å². The highest BCUT2D eigenvalue weighted by atomic mass is 32.2. The van der Waals surface area contributed by atoms with E-state index in [2.05, 4.69) is 9.44 Å². The Morgan fingerprint density at radius 3 is 2.33 bits per heavy atom. The first-order valence-electron chi connectivity index (χ1n) is 6.11. The summed E-state index contributed by atoms with van der Waals surface area (Å²) in [5.41, 5.74) is 5.19. The molecule has 4 N–H and O–H groups in total. The van der Waals surface area contributed by atoms with E-state index in [4.69, 9.17) is 5.73 Å². The molecule has 0 aliphatic carbocycles. The number of nitrogens with two attached hydrogens (primary N) is 1. The molecule has 0 spiro atoms. The molecule has 1 aromatic carbocycles. The lowest BCUT2D eigenvalue weighted by molar-refractivity contribution is 0.576. The number of sulfonamides is 2. The highest BCUT2D eigenvalue weighted by Gasteiger charge is 2.18. The second-order valence-electron chi connectivity index (χ2n) is 4.36. The molecule has 0 aliphatic heterocycles. The Morgan fingerprint density at radius 2 is 1.81 bits per heavy atom. The van der Waals surface area contributed by atoms with E-state index in [1.165, 1.54) is 6.92 Å². The molecule has 0 aliphatic rings. The van der Waals surface area contributed by atoms with Crippen LogP contribution in [0.2, 0.25) is 0 Å². The van der Waals surface area contributed by atoms with Crippen molar-refractivity contribution in [1.29, 1.82) is 0 Å². The van der Waals surface area contributed by atoms with Crippen molar-refractivity contribution >= 4 is 25.7 Å². The predicted octanol–water partition coefficient (Wildman–Crippen LogP) is -0.0661. The summed E-state index contributed by atoms with van der Waals surface area (Å²) in [4.78, 5) is -0.209. The Kier molecular flexibility index (Phi) is 5.68. The molecule has 7 nitrogen and oxygen atoms in total. The Balaban J connectivity index is 2.84. The summed E-state index contributed by atoms with van der Waals surface area (Å²) in [6.45, 7) is 2.93. The van der Waals surface area contributed by atoms with Crippen LogP contribution in [0.15, 0.2) is 17.0 Å². The van der Waals surface area contributed by atoms with Crippen molar-refractivity contribution in [3.05, 3.63) is 23.5 Å². The van der Waals surface area contributed by atoms with E-state index in [1.54, 1.807) is 6.92 Å². The van der Waals surface area contributed by atoms with Gasteiger partial charge in [0.15, 0.2) is 0 Å². The second kappa shape index (κ2) is 6.69. The normalized spacial score (nSPS) is 12.5. The highest BCUT2D eigenvalue weighted by Crippen LogP contribution is 2.20. The number of rotatable bonds is 7. The summed E-state index contributed by atoms with van der Waals surface area (Å²) < 4.78 is 64.5. The minimum absolute atomic E-state index is 0.0932. The molecule has 0 aromatic heterocycles. The first kappa shape index (κ1) is 17.8. The standard InChI is InChI=1S/C11H18FN3O4S2/c1-3-14-20(16,17)5-4-15-21(18,19)9-6-8(2)11(12)10(13)7-9/h6-7,14-15H,3-5,13H2,1-2H3. The van der Waals surface area contributed by atoms with Gasteiger partial charge in [-0.2, -0.15) is 0 Å². The molecule has 0 bridgehead atoms. The minimum Gasteiger partial charge on any atom is -0.396 e. The van der Waals surface area contributed by atoms with E-state index in [0.717, 1.165) is 12.1 Å². The molecule has 1 aromatic rings. The first-order chi connectivity index (χ1) is 9.59. The SMILES string of the molecule is CCNS(=O)(=O)CCNS(=O)(=O)c1cc(C)c(F)c(N)c1. The fourth-order valence-electron chi connectivity index (χ4n) is 1.60. The molecular weight excluding hydrogens is 321 g/mol. The van der Waals surface area contributed by atoms with Crippen LogP contribution in [0.5, 0.6) is 0 Å². The second-order valence-corrected chi connectivity index (χ2v) is 8.05. The van der Waals surface area contributed by atoms with Gasteiger partial charge in [-0.1, -0.05) is 6.92 Å². The van der Waals surface area contributed by atoms with Gasteiger partial charge in [-0.05, 0) is 24.6 Å². The monoisotopic (exact) mass is 339 g/mol. The van der Waals surface area contributed by atoms with Gasteiger partial charge in [-0.3, -0.25) is 0 Å². The van der Waals surface area contributed by atoms with E-state index in [1.807, 2.05) is 0 Å². The minimum atomic E-state index is -3.95. The van der Waals surface area contributed by atoms with Crippen molar-refractivity contribution in [2.75, 3.05) is 24.6 Å². The van der Waals surface area contributed by atoms with Crippen molar-refractivity contribution < 1.29 is 21.2 Å². The van der Waals surface area contributed by atoms with Crippen molar-refractivity contribution in [2.45, 2.75) is 18.7 Å². The number of hydrogen-bond acceptors (Lipinski definition) is 5. The van der Waals surface area contributed by atoms with E-state index in [0.29, 0.717) is 0 Å². The van der Waals surface area contributed by atoms with Gasteiger partial charge < -0.3 is 5.73 Å². The summed E-state index contributed by atoms with van der Waals surface area (Å²) in [6, 6.07) is 2.12. The van der Waals surface area contributed by atoms with Crippen molar-refractivity contribution in [2.24, 2.45) is 0 Å². The molecule has 10 heteroatoms. The van der Waals surface area contributed by atoms with Crippen LogP contribution in [-0.2, 0) is 20.0 Å². The molecular formula is C11H18FN3O4S2. The van der Waals surface area contributed by atoms with Gasteiger partial charge in [0.05, 0.1) is 16.3 Å². The van der Waals surface area contributed by atoms with Gasteiger partial charge in [0.25, 0.3) is 0 Å². The molecule has 21 heavy (non-hydrogen) atoms. The predicted molar refractivity (Wildman–Crippen MR) is 78.2 cm³/mol. The molecule has 0 heterocycles. The summed E-state index contributed by atoms with van der Waals surface area (Å²) in [5.74, 6) is -1.07. The lowest BCUT2D eigenvalue weighted by Crippen LogP contribution is -2.34. The first-order valence-corrected chi connectivity index (χ1v) is 9.25. The Morgan fingerprint density at radius 1 is 1.19 bits per heavy atom. The number of hydrogen-bond donors (Lipinski definition) is 3. The van der Waals surface area contributed by atoms with Gasteiger partial charge in [0.1, 0.15) is 5.82 Å². The smallest absolute Gasteiger partial charge is 0.240 e. The third-order valence-corrected chi connectivity index (χ3v) is 5.50. The van der Waals surface area contributed by atoms with Crippen molar-refractivity contribution in [3.63, 3.8) is 0 Å². The molecule has 0 fully saturated rings. The van der Waals surface area contributed by atoms with Gasteiger partial charge in [-0.15, -0.1) is 0 Å². The molecule has 0 saturated carbocycles. The lowest BCUT2D eigenvalue weighted by atomic mass is 10.2. The number of nitrogens with one attached hydrogen (secondary N) is 2. The third kappa shape index (κ3) is 4.92. The van der Waals surface area contributed by atoms with Crippen LogP contribution in [0.4, 0.5) is 10.1 Å². The maximum Gasteiger partial charge on any atom is 0.240 e. The van der Waals surface area contributed by atoms with Crippen LogP contribution in [0.1, 0.15) is 12.5 Å². The summed E-state index contributed by atoms with van der Waals surface area (Å²) in [7, 11) is -7.47. The fraction of sp³-hybridized carbons (Fsp3) is 0.455. The average Bonchev–Trinajstić information content (AvgIpc) is 2.34. The Labute approximate surface area is 123 Å². The molecule has 0 unspecified atom stereocenters. The molecule has 120 valence electrons. The zero-order valence-corrected chi connectivity index (χ0v) is 13.3. The van der Waals surface area contributed by atoms with Gasteiger partial charge in [0, 0.05) is 13.1 Å². The van der Waals surface area contributed by atoms with E-state index in [9.17, 15) is 21.2 Å². The summed E-state index contributed by atoms with van der Waals surface area (Å²) in [6.07, 6.45) is 0. The topological polar surface area (TPSA) is 118 Å².